The Labute approximate surface area is 125 Å². The predicted octanol–water partition coefficient (Wildman–Crippen LogP) is 2.36. The van der Waals surface area contributed by atoms with Crippen LogP contribution in [0.4, 0.5) is 11.4 Å². The molecular weight excluding hydrogens is 266 g/mol. The molecule has 0 saturated carbocycles. The van der Waals surface area contributed by atoms with Crippen molar-refractivity contribution in [2.24, 2.45) is 5.92 Å². The molecule has 0 radical (unpaired) electrons. The Hall–Kier alpha value is -1.88. The number of benzene rings is 1. The topological polar surface area (TPSA) is 70.2 Å². The predicted molar refractivity (Wildman–Crippen MR) is 84.2 cm³/mol. The van der Waals surface area contributed by atoms with Crippen LogP contribution < -0.4 is 16.0 Å². The zero-order chi connectivity index (χ0) is 15.1. The van der Waals surface area contributed by atoms with Crippen molar-refractivity contribution in [2.75, 3.05) is 23.7 Å². The summed E-state index contributed by atoms with van der Waals surface area (Å²) in [5, 5.41) is 9.00. The summed E-state index contributed by atoms with van der Waals surface area (Å²) in [6.07, 6.45) is 3.27. The first-order chi connectivity index (χ1) is 10.2. The first-order valence-electron chi connectivity index (χ1n) is 7.58. The van der Waals surface area contributed by atoms with Gasteiger partial charge in [-0.15, -0.1) is 0 Å². The van der Waals surface area contributed by atoms with Gasteiger partial charge in [-0.1, -0.05) is 6.92 Å². The Morgan fingerprint density at radius 1 is 1.14 bits per heavy atom. The number of amides is 2. The Morgan fingerprint density at radius 3 is 2.29 bits per heavy atom. The van der Waals surface area contributed by atoms with Crippen LogP contribution in [0, 0.1) is 5.92 Å². The highest BCUT2D eigenvalue weighted by Crippen LogP contribution is 2.17. The lowest BCUT2D eigenvalue weighted by atomic mass is 9.96. The molecule has 5 nitrogen and oxygen atoms in total. The number of rotatable bonds is 5. The quantitative estimate of drug-likeness (QED) is 0.779. The molecule has 1 aliphatic rings. The van der Waals surface area contributed by atoms with Crippen LogP contribution in [-0.2, 0) is 9.59 Å². The maximum absolute atomic E-state index is 12.0. The molecule has 21 heavy (non-hydrogen) atoms. The largest absolute Gasteiger partial charge is 0.326 e. The summed E-state index contributed by atoms with van der Waals surface area (Å²) in [6.45, 7) is 3.79. The Balaban J connectivity index is 1.81. The van der Waals surface area contributed by atoms with E-state index in [1.807, 2.05) is 19.1 Å². The van der Waals surface area contributed by atoms with Gasteiger partial charge in [0.1, 0.15) is 0 Å². The second kappa shape index (κ2) is 7.78. The molecule has 1 aliphatic heterocycles. The van der Waals surface area contributed by atoms with Crippen molar-refractivity contribution in [3.05, 3.63) is 24.3 Å². The average Bonchev–Trinajstić information content (AvgIpc) is 2.50. The van der Waals surface area contributed by atoms with E-state index < -0.39 is 0 Å². The Kier molecular flexibility index (Phi) is 5.75. The van der Waals surface area contributed by atoms with E-state index in [-0.39, 0.29) is 11.8 Å². The van der Waals surface area contributed by atoms with Gasteiger partial charge in [0.05, 0.1) is 0 Å². The van der Waals surface area contributed by atoms with Crippen molar-refractivity contribution in [2.45, 2.75) is 32.6 Å². The van der Waals surface area contributed by atoms with E-state index in [9.17, 15) is 9.59 Å². The highest BCUT2D eigenvalue weighted by Gasteiger charge is 2.16. The van der Waals surface area contributed by atoms with Gasteiger partial charge in [0, 0.05) is 24.2 Å². The van der Waals surface area contributed by atoms with E-state index in [1.54, 1.807) is 12.1 Å². The van der Waals surface area contributed by atoms with Gasteiger partial charge in [-0.25, -0.2) is 0 Å². The van der Waals surface area contributed by atoms with Crippen LogP contribution in [0.15, 0.2) is 24.3 Å². The van der Waals surface area contributed by atoms with Crippen LogP contribution in [0.5, 0.6) is 0 Å². The van der Waals surface area contributed by atoms with Gasteiger partial charge in [-0.05, 0) is 56.1 Å². The molecule has 2 rings (SSSR count). The molecule has 0 spiro atoms. The fourth-order valence-corrected chi connectivity index (χ4v) is 2.46. The molecule has 1 atom stereocenters. The third-order valence-electron chi connectivity index (χ3n) is 3.65. The van der Waals surface area contributed by atoms with E-state index in [1.165, 1.54) is 0 Å². The molecule has 0 aliphatic carbocycles. The zero-order valence-electron chi connectivity index (χ0n) is 12.4. The van der Waals surface area contributed by atoms with E-state index in [2.05, 4.69) is 16.0 Å². The van der Waals surface area contributed by atoms with E-state index in [0.717, 1.165) is 37.3 Å². The van der Waals surface area contributed by atoms with Crippen LogP contribution in [0.2, 0.25) is 0 Å². The minimum absolute atomic E-state index is 0.0171. The lowest BCUT2D eigenvalue weighted by Gasteiger charge is -2.22. The molecule has 1 saturated heterocycles. The summed E-state index contributed by atoms with van der Waals surface area (Å²) in [5.74, 6) is 0.465. The fraction of sp³-hybridized carbons (Fsp3) is 0.500. The molecule has 114 valence electrons. The first kappa shape index (κ1) is 15.5. The monoisotopic (exact) mass is 289 g/mol. The van der Waals surface area contributed by atoms with E-state index in [4.69, 9.17) is 0 Å². The number of hydrogen-bond acceptors (Lipinski definition) is 3. The van der Waals surface area contributed by atoms with E-state index >= 15 is 0 Å². The third-order valence-corrected chi connectivity index (χ3v) is 3.65. The van der Waals surface area contributed by atoms with Crippen molar-refractivity contribution >= 4 is 23.2 Å². The van der Waals surface area contributed by atoms with Crippen LogP contribution >= 0.6 is 0 Å². The average molecular weight is 289 g/mol. The Morgan fingerprint density at radius 2 is 1.76 bits per heavy atom. The van der Waals surface area contributed by atoms with Gasteiger partial charge in [-0.2, -0.15) is 0 Å². The summed E-state index contributed by atoms with van der Waals surface area (Å²) in [6, 6.07) is 7.21. The van der Waals surface area contributed by atoms with E-state index in [0.29, 0.717) is 18.8 Å². The number of anilines is 2. The molecule has 1 fully saturated rings. The number of hydrogen-bond donors (Lipinski definition) is 3. The van der Waals surface area contributed by atoms with Gasteiger partial charge in [0.2, 0.25) is 11.8 Å². The SMILES string of the molecule is CCC(=O)Nc1ccc(NC(=O)CC2CCCNC2)cc1. The molecule has 3 N–H and O–H groups in total. The number of carbonyl (C=O) groups is 2. The molecule has 2 amide bonds. The van der Waals surface area contributed by atoms with Crippen molar-refractivity contribution in [1.82, 2.24) is 5.32 Å². The standard InChI is InChI=1S/C16H23N3O2/c1-2-15(20)18-13-5-7-14(8-6-13)19-16(21)10-12-4-3-9-17-11-12/h5-8,12,17H,2-4,9-11H2,1H3,(H,18,20)(H,19,21). The first-order valence-corrected chi connectivity index (χ1v) is 7.58. The van der Waals surface area contributed by atoms with Crippen LogP contribution in [-0.4, -0.2) is 24.9 Å². The maximum atomic E-state index is 12.0. The van der Waals surface area contributed by atoms with Gasteiger partial charge < -0.3 is 16.0 Å². The minimum atomic E-state index is -0.0171. The normalized spacial score (nSPS) is 18.0. The second-order valence-electron chi connectivity index (χ2n) is 5.44. The van der Waals surface area contributed by atoms with Gasteiger partial charge in [0.25, 0.3) is 0 Å². The third kappa shape index (κ3) is 5.19. The molecule has 5 heteroatoms. The van der Waals surface area contributed by atoms with Crippen LogP contribution in [0.1, 0.15) is 32.6 Å². The van der Waals surface area contributed by atoms with Crippen molar-refractivity contribution < 1.29 is 9.59 Å². The number of nitrogens with one attached hydrogen (secondary N) is 3. The lowest BCUT2D eigenvalue weighted by molar-refractivity contribution is -0.117. The molecule has 1 aromatic rings. The van der Waals surface area contributed by atoms with Crippen molar-refractivity contribution in [3.8, 4) is 0 Å². The molecule has 0 aromatic heterocycles. The molecule has 1 heterocycles. The fourth-order valence-electron chi connectivity index (χ4n) is 2.46. The summed E-state index contributed by atoms with van der Waals surface area (Å²) in [7, 11) is 0. The van der Waals surface area contributed by atoms with Crippen LogP contribution in [0.25, 0.3) is 0 Å². The Bertz CT molecular complexity index is 479. The lowest BCUT2D eigenvalue weighted by Crippen LogP contribution is -2.32. The smallest absolute Gasteiger partial charge is 0.224 e. The number of carbonyl (C=O) groups excluding carboxylic acids is 2. The molecule has 1 aromatic carbocycles. The van der Waals surface area contributed by atoms with Crippen molar-refractivity contribution in [3.63, 3.8) is 0 Å². The van der Waals surface area contributed by atoms with Gasteiger partial charge in [0.15, 0.2) is 0 Å². The highest BCUT2D eigenvalue weighted by molar-refractivity contribution is 5.92. The summed E-state index contributed by atoms with van der Waals surface area (Å²) in [5.41, 5.74) is 1.51. The second-order valence-corrected chi connectivity index (χ2v) is 5.44. The van der Waals surface area contributed by atoms with Gasteiger partial charge in [-0.3, -0.25) is 9.59 Å². The maximum Gasteiger partial charge on any atom is 0.224 e. The molecule has 0 bridgehead atoms. The van der Waals surface area contributed by atoms with Crippen LogP contribution in [0.3, 0.4) is 0 Å². The van der Waals surface area contributed by atoms with Crippen molar-refractivity contribution in [1.29, 1.82) is 0 Å². The summed E-state index contributed by atoms with van der Waals surface area (Å²) < 4.78 is 0. The van der Waals surface area contributed by atoms with Gasteiger partial charge >= 0.3 is 0 Å². The zero-order valence-corrected chi connectivity index (χ0v) is 12.4. The molecule has 1 unspecified atom stereocenters. The highest BCUT2D eigenvalue weighted by atomic mass is 16.2. The summed E-state index contributed by atoms with van der Waals surface area (Å²) in [4.78, 5) is 23.3. The summed E-state index contributed by atoms with van der Waals surface area (Å²) >= 11 is 0. The number of piperidine rings is 1. The minimum Gasteiger partial charge on any atom is -0.326 e. The molecular formula is C16H23N3O2.